The Labute approximate surface area is 139 Å². The second kappa shape index (κ2) is 7.34. The molecule has 0 unspecified atom stereocenters. The SMILES string of the molecule is Cc1ccc(NC(=O)N2CCC3(CCNCC3)CC2)cc1.Cl. The van der Waals surface area contributed by atoms with Crippen LogP contribution in [0.25, 0.3) is 0 Å². The van der Waals surface area contributed by atoms with E-state index in [1.165, 1.54) is 18.4 Å². The molecule has 0 aliphatic carbocycles. The van der Waals surface area contributed by atoms with E-state index < -0.39 is 0 Å². The van der Waals surface area contributed by atoms with Gasteiger partial charge in [-0.1, -0.05) is 17.7 Å². The summed E-state index contributed by atoms with van der Waals surface area (Å²) in [5.41, 5.74) is 2.58. The smallest absolute Gasteiger partial charge is 0.321 e. The lowest BCUT2D eigenvalue weighted by Crippen LogP contribution is -2.48. The van der Waals surface area contributed by atoms with Gasteiger partial charge in [0.25, 0.3) is 0 Å². The average molecular weight is 324 g/mol. The molecule has 1 spiro atoms. The molecule has 0 aromatic heterocycles. The molecule has 2 heterocycles. The third-order valence-corrected chi connectivity index (χ3v) is 5.08. The number of carbonyl (C=O) groups is 1. The van der Waals surface area contributed by atoms with Crippen LogP contribution in [0.5, 0.6) is 0 Å². The molecule has 1 aromatic carbocycles. The van der Waals surface area contributed by atoms with Crippen LogP contribution in [0.15, 0.2) is 24.3 Å². The van der Waals surface area contributed by atoms with Crippen LogP contribution in [0, 0.1) is 12.3 Å². The fraction of sp³-hybridized carbons (Fsp3) is 0.588. The van der Waals surface area contributed by atoms with E-state index in [-0.39, 0.29) is 18.4 Å². The predicted octanol–water partition coefficient (Wildman–Crippen LogP) is 3.41. The van der Waals surface area contributed by atoms with Crippen LogP contribution in [-0.2, 0) is 0 Å². The Bertz CT molecular complexity index is 487. The summed E-state index contributed by atoms with van der Waals surface area (Å²) in [6.07, 6.45) is 4.83. The van der Waals surface area contributed by atoms with Gasteiger partial charge in [-0.05, 0) is 63.2 Å². The lowest BCUT2D eigenvalue weighted by Gasteiger charge is -2.44. The molecule has 2 saturated heterocycles. The molecule has 4 nitrogen and oxygen atoms in total. The highest BCUT2D eigenvalue weighted by atomic mass is 35.5. The topological polar surface area (TPSA) is 44.4 Å². The molecule has 1 aromatic rings. The number of carbonyl (C=O) groups excluding carboxylic acids is 1. The summed E-state index contributed by atoms with van der Waals surface area (Å²) in [5, 5.41) is 6.44. The number of amides is 2. The predicted molar refractivity (Wildman–Crippen MR) is 92.8 cm³/mol. The van der Waals surface area contributed by atoms with Crippen LogP contribution in [0.4, 0.5) is 10.5 Å². The van der Waals surface area contributed by atoms with Gasteiger partial charge in [0.2, 0.25) is 0 Å². The molecule has 0 atom stereocenters. The van der Waals surface area contributed by atoms with Crippen molar-refractivity contribution in [3.8, 4) is 0 Å². The first-order valence-electron chi connectivity index (χ1n) is 8.00. The van der Waals surface area contributed by atoms with Crippen molar-refractivity contribution in [2.24, 2.45) is 5.41 Å². The zero-order valence-corrected chi connectivity index (χ0v) is 14.0. The Morgan fingerprint density at radius 1 is 1.09 bits per heavy atom. The Morgan fingerprint density at radius 2 is 1.68 bits per heavy atom. The van der Waals surface area contributed by atoms with Crippen molar-refractivity contribution in [3.63, 3.8) is 0 Å². The molecule has 122 valence electrons. The number of nitrogens with zero attached hydrogens (tertiary/aromatic N) is 1. The largest absolute Gasteiger partial charge is 0.324 e. The van der Waals surface area contributed by atoms with Crippen molar-refractivity contribution in [1.82, 2.24) is 10.2 Å². The number of nitrogens with one attached hydrogen (secondary N) is 2. The number of benzene rings is 1. The summed E-state index contributed by atoms with van der Waals surface area (Å²) < 4.78 is 0. The summed E-state index contributed by atoms with van der Waals surface area (Å²) >= 11 is 0. The summed E-state index contributed by atoms with van der Waals surface area (Å²) in [7, 11) is 0. The quantitative estimate of drug-likeness (QED) is 0.831. The van der Waals surface area contributed by atoms with E-state index in [4.69, 9.17) is 0 Å². The van der Waals surface area contributed by atoms with Gasteiger partial charge in [0.05, 0.1) is 0 Å². The molecular weight excluding hydrogens is 298 g/mol. The van der Waals surface area contributed by atoms with Crippen molar-refractivity contribution >= 4 is 24.1 Å². The van der Waals surface area contributed by atoms with Crippen molar-refractivity contribution in [2.45, 2.75) is 32.6 Å². The standard InChI is InChI=1S/C17H25N3O.ClH/c1-14-2-4-15(5-3-14)19-16(21)20-12-8-17(9-13-20)6-10-18-11-7-17;/h2-5,18H,6-13H2,1H3,(H,19,21);1H. The van der Waals surface area contributed by atoms with Gasteiger partial charge in [-0.2, -0.15) is 0 Å². The first kappa shape index (κ1) is 17.1. The first-order valence-corrected chi connectivity index (χ1v) is 8.00. The molecule has 22 heavy (non-hydrogen) atoms. The van der Waals surface area contributed by atoms with Gasteiger partial charge in [-0.3, -0.25) is 0 Å². The Hall–Kier alpha value is -1.26. The molecule has 0 radical (unpaired) electrons. The van der Waals surface area contributed by atoms with E-state index in [9.17, 15) is 4.79 Å². The molecule has 0 saturated carbocycles. The molecule has 2 N–H and O–H groups in total. The molecule has 2 fully saturated rings. The molecule has 5 heteroatoms. The number of rotatable bonds is 1. The van der Waals surface area contributed by atoms with Crippen molar-refractivity contribution < 1.29 is 4.79 Å². The fourth-order valence-corrected chi connectivity index (χ4v) is 3.48. The summed E-state index contributed by atoms with van der Waals surface area (Å²) in [5.74, 6) is 0. The number of piperidine rings is 2. The summed E-state index contributed by atoms with van der Waals surface area (Å²) in [6, 6.07) is 8.02. The number of halogens is 1. The maximum Gasteiger partial charge on any atom is 0.321 e. The number of anilines is 1. The van der Waals surface area contributed by atoms with Crippen LogP contribution >= 0.6 is 12.4 Å². The van der Waals surface area contributed by atoms with E-state index in [1.807, 2.05) is 29.2 Å². The Morgan fingerprint density at radius 3 is 2.27 bits per heavy atom. The van der Waals surface area contributed by atoms with Crippen LogP contribution in [-0.4, -0.2) is 37.1 Å². The second-order valence-corrected chi connectivity index (χ2v) is 6.53. The van der Waals surface area contributed by atoms with Gasteiger partial charge in [-0.15, -0.1) is 12.4 Å². The lowest BCUT2D eigenvalue weighted by molar-refractivity contribution is 0.0915. The normalized spacial score (nSPS) is 20.3. The third-order valence-electron chi connectivity index (χ3n) is 5.08. The van der Waals surface area contributed by atoms with Gasteiger partial charge in [0.15, 0.2) is 0 Å². The fourth-order valence-electron chi connectivity index (χ4n) is 3.48. The van der Waals surface area contributed by atoms with E-state index >= 15 is 0 Å². The monoisotopic (exact) mass is 323 g/mol. The summed E-state index contributed by atoms with van der Waals surface area (Å²) in [4.78, 5) is 14.3. The molecule has 0 bridgehead atoms. The zero-order chi connectivity index (χ0) is 14.7. The second-order valence-electron chi connectivity index (χ2n) is 6.53. The molecule has 2 aliphatic rings. The summed E-state index contributed by atoms with van der Waals surface area (Å²) in [6.45, 7) is 6.09. The minimum absolute atomic E-state index is 0. The van der Waals surface area contributed by atoms with Crippen molar-refractivity contribution in [2.75, 3.05) is 31.5 Å². The Kier molecular flexibility index (Phi) is 5.70. The minimum atomic E-state index is 0. The van der Waals surface area contributed by atoms with Gasteiger partial charge < -0.3 is 15.5 Å². The molecule has 3 rings (SSSR count). The Balaban J connectivity index is 0.00000176. The highest BCUT2D eigenvalue weighted by Gasteiger charge is 2.36. The van der Waals surface area contributed by atoms with Gasteiger partial charge in [-0.25, -0.2) is 4.79 Å². The molecule has 2 amide bonds. The molecule has 2 aliphatic heterocycles. The van der Waals surface area contributed by atoms with E-state index in [2.05, 4.69) is 17.6 Å². The van der Waals surface area contributed by atoms with Gasteiger partial charge in [0, 0.05) is 18.8 Å². The highest BCUT2D eigenvalue weighted by Crippen LogP contribution is 2.39. The molecular formula is C17H26ClN3O. The van der Waals surface area contributed by atoms with E-state index in [0.717, 1.165) is 44.7 Å². The zero-order valence-electron chi connectivity index (χ0n) is 13.2. The average Bonchev–Trinajstić information content (AvgIpc) is 2.51. The van der Waals surface area contributed by atoms with Crippen molar-refractivity contribution in [3.05, 3.63) is 29.8 Å². The highest BCUT2D eigenvalue weighted by molar-refractivity contribution is 5.89. The van der Waals surface area contributed by atoms with E-state index in [0.29, 0.717) is 5.41 Å². The number of urea groups is 1. The first-order chi connectivity index (χ1) is 10.2. The van der Waals surface area contributed by atoms with Crippen LogP contribution in [0.3, 0.4) is 0 Å². The van der Waals surface area contributed by atoms with Crippen LogP contribution in [0.1, 0.15) is 31.2 Å². The third kappa shape index (κ3) is 3.93. The van der Waals surface area contributed by atoms with Crippen LogP contribution in [0.2, 0.25) is 0 Å². The number of hydrogen-bond donors (Lipinski definition) is 2. The maximum absolute atomic E-state index is 12.3. The van der Waals surface area contributed by atoms with E-state index in [1.54, 1.807) is 0 Å². The maximum atomic E-state index is 12.3. The number of hydrogen-bond acceptors (Lipinski definition) is 2. The minimum Gasteiger partial charge on any atom is -0.324 e. The number of likely N-dealkylation sites (tertiary alicyclic amines) is 1. The number of aryl methyl sites for hydroxylation is 1. The van der Waals surface area contributed by atoms with Gasteiger partial charge in [0.1, 0.15) is 0 Å². The van der Waals surface area contributed by atoms with Gasteiger partial charge >= 0.3 is 6.03 Å². The lowest BCUT2D eigenvalue weighted by atomic mass is 9.72. The van der Waals surface area contributed by atoms with Crippen molar-refractivity contribution in [1.29, 1.82) is 0 Å². The van der Waals surface area contributed by atoms with Crippen LogP contribution < -0.4 is 10.6 Å².